The van der Waals surface area contributed by atoms with E-state index in [0.717, 1.165) is 6.07 Å². The molecule has 1 rings (SSSR count). The second kappa shape index (κ2) is 6.08. The van der Waals surface area contributed by atoms with Crippen molar-refractivity contribution in [2.45, 2.75) is 25.7 Å². The van der Waals surface area contributed by atoms with Crippen LogP contribution >= 0.6 is 0 Å². The Hall–Kier alpha value is -1.78. The predicted molar refractivity (Wildman–Crippen MR) is 56.6 cm³/mol. The molecule has 0 aliphatic heterocycles. The summed E-state index contributed by atoms with van der Waals surface area (Å²) >= 11 is 0. The highest BCUT2D eigenvalue weighted by Gasteiger charge is 2.08. The second-order valence-corrected chi connectivity index (χ2v) is 3.74. The van der Waals surface area contributed by atoms with Crippen LogP contribution in [0.15, 0.2) is 18.2 Å². The fourth-order valence-corrected chi connectivity index (χ4v) is 1.50. The average molecular weight is 242 g/mol. The topological polar surface area (TPSA) is 54.4 Å². The van der Waals surface area contributed by atoms with Gasteiger partial charge in [0.1, 0.15) is 23.8 Å². The van der Waals surface area contributed by atoms with Gasteiger partial charge in [-0.3, -0.25) is 9.59 Å². The van der Waals surface area contributed by atoms with Crippen LogP contribution in [0.3, 0.4) is 0 Å². The Morgan fingerprint density at radius 2 is 1.71 bits per heavy atom. The van der Waals surface area contributed by atoms with Crippen molar-refractivity contribution in [1.29, 1.82) is 0 Å². The maximum Gasteiger partial charge on any atom is 0.310 e. The molecule has 0 amide bonds. The summed E-state index contributed by atoms with van der Waals surface area (Å²) < 4.78 is 25.6. The number of carboxylic acid groups (broad SMARTS) is 1. The first-order valence-electron chi connectivity index (χ1n) is 5.16. The number of Topliss-reactive ketones (excluding diaryl/α,β-unsaturated/α-hetero) is 1. The van der Waals surface area contributed by atoms with E-state index < -0.39 is 24.0 Å². The van der Waals surface area contributed by atoms with Crippen LogP contribution in [-0.2, 0) is 16.0 Å². The summed E-state index contributed by atoms with van der Waals surface area (Å²) in [6.07, 6.45) is 0.330. The number of rotatable bonds is 6. The maximum absolute atomic E-state index is 12.8. The minimum Gasteiger partial charge on any atom is -0.481 e. The molecule has 0 unspecified atom stereocenters. The molecule has 0 saturated heterocycles. The van der Waals surface area contributed by atoms with Crippen LogP contribution in [0.25, 0.3) is 0 Å². The quantitative estimate of drug-likeness (QED) is 0.779. The van der Waals surface area contributed by atoms with Crippen molar-refractivity contribution in [3.63, 3.8) is 0 Å². The van der Waals surface area contributed by atoms with Gasteiger partial charge in [0.25, 0.3) is 0 Å². The third kappa shape index (κ3) is 5.19. The largest absolute Gasteiger partial charge is 0.481 e. The highest BCUT2D eigenvalue weighted by Crippen LogP contribution is 2.11. The number of hydrogen-bond donors (Lipinski definition) is 1. The molecule has 0 heterocycles. The molecule has 0 atom stereocenters. The Bertz CT molecular complexity index is 410. The van der Waals surface area contributed by atoms with Crippen LogP contribution in [0.2, 0.25) is 0 Å². The van der Waals surface area contributed by atoms with Crippen LogP contribution in [0.5, 0.6) is 0 Å². The van der Waals surface area contributed by atoms with Gasteiger partial charge in [0, 0.05) is 12.5 Å². The summed E-state index contributed by atoms with van der Waals surface area (Å²) in [4.78, 5) is 21.3. The number of carboxylic acids is 1. The Kier molecular flexibility index (Phi) is 4.75. The van der Waals surface area contributed by atoms with E-state index in [1.807, 2.05) is 0 Å². The van der Waals surface area contributed by atoms with E-state index in [9.17, 15) is 18.4 Å². The molecule has 0 aliphatic rings. The summed E-state index contributed by atoms with van der Waals surface area (Å²) in [5.74, 6) is -2.85. The molecule has 5 heteroatoms. The van der Waals surface area contributed by atoms with E-state index >= 15 is 0 Å². The minimum atomic E-state index is -1.16. The summed E-state index contributed by atoms with van der Waals surface area (Å²) in [6, 6.07) is 3.18. The SMILES string of the molecule is O=C(O)CC(=O)CCCc1cc(F)cc(F)c1. The van der Waals surface area contributed by atoms with E-state index in [0.29, 0.717) is 18.4 Å². The van der Waals surface area contributed by atoms with E-state index in [4.69, 9.17) is 5.11 Å². The molecule has 0 aromatic heterocycles. The number of aryl methyl sites for hydroxylation is 1. The molecule has 0 fully saturated rings. The van der Waals surface area contributed by atoms with E-state index in [1.165, 1.54) is 12.1 Å². The standard InChI is InChI=1S/C12H12F2O3/c13-9-4-8(5-10(14)6-9)2-1-3-11(15)7-12(16)17/h4-6H,1-3,7H2,(H,16,17). The zero-order valence-corrected chi connectivity index (χ0v) is 9.08. The maximum atomic E-state index is 12.8. The molecule has 1 N–H and O–H groups in total. The van der Waals surface area contributed by atoms with Crippen LogP contribution in [-0.4, -0.2) is 16.9 Å². The lowest BCUT2D eigenvalue weighted by atomic mass is 10.1. The molecule has 0 bridgehead atoms. The van der Waals surface area contributed by atoms with E-state index in [1.54, 1.807) is 0 Å². The van der Waals surface area contributed by atoms with Gasteiger partial charge in [-0.15, -0.1) is 0 Å². The van der Waals surface area contributed by atoms with Crippen molar-refractivity contribution in [3.8, 4) is 0 Å². The van der Waals surface area contributed by atoms with Crippen LogP contribution in [0, 0.1) is 11.6 Å². The number of halogens is 2. The molecule has 0 radical (unpaired) electrons. The van der Waals surface area contributed by atoms with E-state index in [2.05, 4.69) is 0 Å². The van der Waals surface area contributed by atoms with Gasteiger partial charge in [-0.2, -0.15) is 0 Å². The Morgan fingerprint density at radius 1 is 1.12 bits per heavy atom. The lowest BCUT2D eigenvalue weighted by Crippen LogP contribution is -2.06. The second-order valence-electron chi connectivity index (χ2n) is 3.74. The smallest absolute Gasteiger partial charge is 0.310 e. The summed E-state index contributed by atoms with van der Waals surface area (Å²) in [7, 11) is 0. The fraction of sp³-hybridized carbons (Fsp3) is 0.333. The van der Waals surface area contributed by atoms with Crippen LogP contribution in [0.4, 0.5) is 8.78 Å². The zero-order chi connectivity index (χ0) is 12.8. The molecule has 1 aromatic carbocycles. The molecule has 17 heavy (non-hydrogen) atoms. The van der Waals surface area contributed by atoms with Crippen LogP contribution < -0.4 is 0 Å². The molecule has 3 nitrogen and oxygen atoms in total. The van der Waals surface area contributed by atoms with Crippen LogP contribution in [0.1, 0.15) is 24.8 Å². The van der Waals surface area contributed by atoms with Gasteiger partial charge >= 0.3 is 5.97 Å². The van der Waals surface area contributed by atoms with Gasteiger partial charge < -0.3 is 5.11 Å². The lowest BCUT2D eigenvalue weighted by molar-refractivity contribution is -0.140. The first kappa shape index (κ1) is 13.3. The molecule has 0 spiro atoms. The average Bonchev–Trinajstić information content (AvgIpc) is 2.14. The Labute approximate surface area is 97.1 Å². The minimum absolute atomic E-state index is 0.102. The molecule has 1 aromatic rings. The molecule has 0 saturated carbocycles. The third-order valence-corrected chi connectivity index (χ3v) is 2.19. The number of aliphatic carboxylic acids is 1. The normalized spacial score (nSPS) is 10.2. The van der Waals surface area contributed by atoms with Crippen molar-refractivity contribution in [2.75, 3.05) is 0 Å². The number of benzene rings is 1. The number of hydrogen-bond acceptors (Lipinski definition) is 2. The van der Waals surface area contributed by atoms with E-state index in [-0.39, 0.29) is 12.2 Å². The third-order valence-electron chi connectivity index (χ3n) is 2.19. The van der Waals surface area contributed by atoms with Gasteiger partial charge in [-0.05, 0) is 30.5 Å². The molecule has 0 aliphatic carbocycles. The van der Waals surface area contributed by atoms with Gasteiger partial charge in [-0.25, -0.2) is 8.78 Å². The van der Waals surface area contributed by atoms with Crippen molar-refractivity contribution < 1.29 is 23.5 Å². The van der Waals surface area contributed by atoms with Gasteiger partial charge in [0.2, 0.25) is 0 Å². The predicted octanol–water partition coefficient (Wildman–Crippen LogP) is 2.33. The van der Waals surface area contributed by atoms with Crippen molar-refractivity contribution in [3.05, 3.63) is 35.4 Å². The van der Waals surface area contributed by atoms with Crippen molar-refractivity contribution in [1.82, 2.24) is 0 Å². The van der Waals surface area contributed by atoms with Crippen molar-refractivity contribution in [2.24, 2.45) is 0 Å². The highest BCUT2D eigenvalue weighted by atomic mass is 19.1. The number of carbonyl (C=O) groups excluding carboxylic acids is 1. The first-order chi connectivity index (χ1) is 7.97. The number of ketones is 1. The Morgan fingerprint density at radius 3 is 2.24 bits per heavy atom. The summed E-state index contributed by atoms with van der Waals surface area (Å²) in [6.45, 7) is 0. The monoisotopic (exact) mass is 242 g/mol. The Balaban J connectivity index is 2.40. The highest BCUT2D eigenvalue weighted by molar-refractivity contribution is 5.94. The molecular formula is C12H12F2O3. The summed E-state index contributed by atoms with van der Waals surface area (Å²) in [5.41, 5.74) is 0.464. The zero-order valence-electron chi connectivity index (χ0n) is 9.08. The summed E-state index contributed by atoms with van der Waals surface area (Å²) in [5, 5.41) is 8.35. The van der Waals surface area contributed by atoms with Gasteiger partial charge in [0.15, 0.2) is 0 Å². The van der Waals surface area contributed by atoms with Gasteiger partial charge in [-0.1, -0.05) is 0 Å². The van der Waals surface area contributed by atoms with Gasteiger partial charge in [0.05, 0.1) is 0 Å². The first-order valence-corrected chi connectivity index (χ1v) is 5.16. The lowest BCUT2D eigenvalue weighted by Gasteiger charge is -2.01. The number of carbonyl (C=O) groups is 2. The fourth-order valence-electron chi connectivity index (χ4n) is 1.50. The molecule has 92 valence electrons. The molecular weight excluding hydrogens is 230 g/mol. The van der Waals surface area contributed by atoms with Crippen molar-refractivity contribution >= 4 is 11.8 Å².